The number of carboxylic acids is 1. The van der Waals surface area contributed by atoms with Crippen molar-refractivity contribution in [1.29, 1.82) is 0 Å². The molecule has 3 rings (SSSR count). The van der Waals surface area contributed by atoms with Gasteiger partial charge in [0.15, 0.2) is 0 Å². The van der Waals surface area contributed by atoms with Gasteiger partial charge in [-0.05, 0) is 56.2 Å². The summed E-state index contributed by atoms with van der Waals surface area (Å²) in [6, 6.07) is 5.44. The molecule has 192 valence electrons. The molecule has 0 radical (unpaired) electrons. The van der Waals surface area contributed by atoms with Crippen molar-refractivity contribution >= 4 is 35.0 Å². The Bertz CT molecular complexity index is 1180. The predicted molar refractivity (Wildman–Crippen MR) is 136 cm³/mol. The first-order chi connectivity index (χ1) is 16.9. The van der Waals surface area contributed by atoms with Crippen molar-refractivity contribution in [2.45, 2.75) is 65.8 Å². The number of rotatable bonds is 7. The standard InChI is InChI=1S/C26H32N4O6/c1-15-12-16(2)21(17(3)13-15)28-25(34)27-20-14-18(30(35)36)8-9-19(20)23(31)29-22(24(32)33)26(4)10-6-5-7-11-26/h8-9,12-14,22H,5-7,10-11H2,1-4H3,(H,29,31)(H,32,33)(H2,27,28,34)/t22-/m1/s1. The molecule has 1 saturated carbocycles. The van der Waals surface area contributed by atoms with Crippen molar-refractivity contribution in [2.75, 3.05) is 10.6 Å². The van der Waals surface area contributed by atoms with Gasteiger partial charge in [-0.15, -0.1) is 0 Å². The predicted octanol–water partition coefficient (Wildman–Crippen LogP) is 5.32. The van der Waals surface area contributed by atoms with E-state index >= 15 is 0 Å². The number of amides is 3. The molecule has 3 amide bonds. The number of nitrogens with zero attached hydrogens (tertiary/aromatic N) is 1. The lowest BCUT2D eigenvalue weighted by atomic mass is 9.70. The van der Waals surface area contributed by atoms with Gasteiger partial charge in [0.1, 0.15) is 6.04 Å². The van der Waals surface area contributed by atoms with Gasteiger partial charge in [-0.1, -0.05) is 43.9 Å². The van der Waals surface area contributed by atoms with Crippen LogP contribution in [0.4, 0.5) is 21.9 Å². The molecule has 2 aromatic carbocycles. The van der Waals surface area contributed by atoms with Gasteiger partial charge in [0.05, 0.1) is 16.2 Å². The monoisotopic (exact) mass is 496 g/mol. The van der Waals surface area contributed by atoms with Crippen molar-refractivity contribution in [1.82, 2.24) is 5.32 Å². The van der Waals surface area contributed by atoms with Gasteiger partial charge in [-0.3, -0.25) is 14.9 Å². The summed E-state index contributed by atoms with van der Waals surface area (Å²) in [5, 5.41) is 29.1. The third kappa shape index (κ3) is 5.99. The number of nitrogens with one attached hydrogen (secondary N) is 3. The van der Waals surface area contributed by atoms with Crippen LogP contribution in [0, 0.1) is 36.3 Å². The number of non-ortho nitro benzene ring substituents is 1. The van der Waals surface area contributed by atoms with Gasteiger partial charge >= 0.3 is 12.0 Å². The fourth-order valence-corrected chi connectivity index (χ4v) is 4.98. The molecule has 1 aliphatic carbocycles. The fourth-order valence-electron chi connectivity index (χ4n) is 4.98. The molecular formula is C26H32N4O6. The molecule has 10 heteroatoms. The quantitative estimate of drug-likeness (QED) is 0.301. The van der Waals surface area contributed by atoms with Crippen LogP contribution < -0.4 is 16.0 Å². The molecule has 1 fully saturated rings. The largest absolute Gasteiger partial charge is 0.480 e. The van der Waals surface area contributed by atoms with Crippen LogP contribution in [-0.4, -0.2) is 34.0 Å². The number of aliphatic carboxylic acids is 1. The molecule has 0 aliphatic heterocycles. The number of carbonyl (C=O) groups excluding carboxylic acids is 2. The van der Waals surface area contributed by atoms with Crippen LogP contribution in [0.15, 0.2) is 30.3 Å². The van der Waals surface area contributed by atoms with E-state index in [4.69, 9.17) is 0 Å². The summed E-state index contributed by atoms with van der Waals surface area (Å²) < 4.78 is 0. The van der Waals surface area contributed by atoms with E-state index in [9.17, 15) is 29.6 Å². The Kier molecular flexibility index (Phi) is 7.96. The zero-order valence-corrected chi connectivity index (χ0v) is 20.9. The second kappa shape index (κ2) is 10.8. The minimum Gasteiger partial charge on any atom is -0.480 e. The van der Waals surface area contributed by atoms with Crippen molar-refractivity contribution in [2.24, 2.45) is 5.41 Å². The maximum Gasteiger partial charge on any atom is 0.326 e. The topological polar surface area (TPSA) is 151 Å². The first-order valence-electron chi connectivity index (χ1n) is 11.9. The second-order valence-corrected chi connectivity index (χ2v) is 9.80. The summed E-state index contributed by atoms with van der Waals surface area (Å²) in [5.41, 5.74) is 2.19. The molecule has 36 heavy (non-hydrogen) atoms. The van der Waals surface area contributed by atoms with Crippen molar-refractivity contribution < 1.29 is 24.4 Å². The number of urea groups is 1. The molecule has 0 bridgehead atoms. The normalized spacial score (nSPS) is 15.4. The molecular weight excluding hydrogens is 464 g/mol. The van der Waals surface area contributed by atoms with Crippen molar-refractivity contribution in [3.05, 3.63) is 62.7 Å². The van der Waals surface area contributed by atoms with E-state index in [0.29, 0.717) is 18.5 Å². The molecule has 0 spiro atoms. The Hall–Kier alpha value is -3.95. The van der Waals surface area contributed by atoms with Gasteiger partial charge in [-0.2, -0.15) is 0 Å². The first-order valence-corrected chi connectivity index (χ1v) is 11.9. The first kappa shape index (κ1) is 26.7. The van der Waals surface area contributed by atoms with E-state index in [1.807, 2.05) is 39.8 Å². The Morgan fingerprint density at radius 1 is 1.00 bits per heavy atom. The number of anilines is 2. The second-order valence-electron chi connectivity index (χ2n) is 9.80. The number of carbonyl (C=O) groups is 3. The lowest BCUT2D eigenvalue weighted by Crippen LogP contribution is -2.52. The van der Waals surface area contributed by atoms with Gasteiger partial charge in [0, 0.05) is 17.8 Å². The van der Waals surface area contributed by atoms with E-state index < -0.39 is 34.3 Å². The van der Waals surface area contributed by atoms with Gasteiger partial charge in [0.2, 0.25) is 0 Å². The maximum absolute atomic E-state index is 13.2. The number of benzene rings is 2. The zero-order chi connectivity index (χ0) is 26.6. The van der Waals surface area contributed by atoms with Crippen LogP contribution in [0.25, 0.3) is 0 Å². The minimum absolute atomic E-state index is 0.0706. The zero-order valence-electron chi connectivity index (χ0n) is 20.9. The molecule has 1 atom stereocenters. The third-order valence-corrected chi connectivity index (χ3v) is 6.84. The molecule has 0 unspecified atom stereocenters. The summed E-state index contributed by atoms with van der Waals surface area (Å²) in [5.74, 6) is -1.88. The average Bonchev–Trinajstić information content (AvgIpc) is 2.79. The molecule has 0 aromatic heterocycles. The summed E-state index contributed by atoms with van der Waals surface area (Å²) in [6.07, 6.45) is 4.08. The van der Waals surface area contributed by atoms with Crippen LogP contribution in [0.5, 0.6) is 0 Å². The molecule has 0 saturated heterocycles. The molecule has 10 nitrogen and oxygen atoms in total. The summed E-state index contributed by atoms with van der Waals surface area (Å²) in [4.78, 5) is 48.8. The van der Waals surface area contributed by atoms with Crippen LogP contribution in [0.1, 0.15) is 66.1 Å². The van der Waals surface area contributed by atoms with Crippen molar-refractivity contribution in [3.63, 3.8) is 0 Å². The third-order valence-electron chi connectivity index (χ3n) is 6.84. The van der Waals surface area contributed by atoms with Crippen LogP contribution in [0.2, 0.25) is 0 Å². The molecule has 1 aliphatic rings. The number of nitro benzene ring substituents is 1. The lowest BCUT2D eigenvalue weighted by molar-refractivity contribution is -0.384. The molecule has 2 aromatic rings. The highest BCUT2D eigenvalue weighted by Gasteiger charge is 2.41. The summed E-state index contributed by atoms with van der Waals surface area (Å²) >= 11 is 0. The fraction of sp³-hybridized carbons (Fsp3) is 0.423. The Morgan fingerprint density at radius 3 is 2.17 bits per heavy atom. The van der Waals surface area contributed by atoms with E-state index in [1.54, 1.807) is 0 Å². The number of hydrogen-bond donors (Lipinski definition) is 4. The number of aryl methyl sites for hydroxylation is 3. The summed E-state index contributed by atoms with van der Waals surface area (Å²) in [7, 11) is 0. The SMILES string of the molecule is Cc1cc(C)c(NC(=O)Nc2cc([N+](=O)[O-])ccc2C(=O)N[C@H](C(=O)O)C2(C)CCCCC2)c(C)c1. The Labute approximate surface area is 209 Å². The molecule has 0 heterocycles. The van der Waals surface area contributed by atoms with Gasteiger partial charge in [0.25, 0.3) is 11.6 Å². The highest BCUT2D eigenvalue weighted by molar-refractivity contribution is 6.08. The van der Waals surface area contributed by atoms with Crippen molar-refractivity contribution in [3.8, 4) is 0 Å². The van der Waals surface area contributed by atoms with E-state index in [2.05, 4.69) is 16.0 Å². The number of nitro groups is 1. The Morgan fingerprint density at radius 2 is 1.61 bits per heavy atom. The van der Waals surface area contributed by atoms with Crippen LogP contribution in [-0.2, 0) is 4.79 Å². The van der Waals surface area contributed by atoms with Gasteiger partial charge < -0.3 is 21.1 Å². The average molecular weight is 497 g/mol. The summed E-state index contributed by atoms with van der Waals surface area (Å²) in [6.45, 7) is 7.48. The maximum atomic E-state index is 13.2. The van der Waals surface area contributed by atoms with E-state index in [-0.39, 0.29) is 16.9 Å². The highest BCUT2D eigenvalue weighted by Crippen LogP contribution is 2.39. The minimum atomic E-state index is -1.15. The van der Waals surface area contributed by atoms with Gasteiger partial charge in [-0.25, -0.2) is 9.59 Å². The Balaban J connectivity index is 1.89. The van der Waals surface area contributed by atoms with E-state index in [0.717, 1.165) is 48.1 Å². The smallest absolute Gasteiger partial charge is 0.326 e. The highest BCUT2D eigenvalue weighted by atomic mass is 16.6. The lowest BCUT2D eigenvalue weighted by Gasteiger charge is -2.38. The van der Waals surface area contributed by atoms with Crippen LogP contribution in [0.3, 0.4) is 0 Å². The van der Waals surface area contributed by atoms with Crippen LogP contribution >= 0.6 is 0 Å². The molecule has 4 N–H and O–H groups in total. The van der Waals surface area contributed by atoms with E-state index in [1.165, 1.54) is 6.07 Å². The number of hydrogen-bond acceptors (Lipinski definition) is 5. The number of carboxylic acid groups (broad SMARTS) is 1.